The van der Waals surface area contributed by atoms with E-state index in [9.17, 15) is 19.1 Å². The molecule has 0 bridgehead atoms. The highest BCUT2D eigenvalue weighted by Gasteiger charge is 2.17. The number of carbonyl (C=O) groups excluding carboxylic acids is 2. The molecular weight excluding hydrogens is 325 g/mol. The number of hydrogen-bond acceptors (Lipinski definition) is 3. The van der Waals surface area contributed by atoms with Crippen LogP contribution in [0.1, 0.15) is 20.7 Å². The molecule has 6 nitrogen and oxygen atoms in total. The van der Waals surface area contributed by atoms with E-state index in [0.29, 0.717) is 5.69 Å². The van der Waals surface area contributed by atoms with Gasteiger partial charge in [-0.25, -0.2) is 4.39 Å². The molecular formula is C18H14FN3O3. The Morgan fingerprint density at radius 3 is 2.28 bits per heavy atom. The molecule has 4 N–H and O–H groups in total. The number of nitrogens with one attached hydrogen (secondary N) is 3. The maximum Gasteiger partial charge on any atom is 0.259 e. The highest BCUT2D eigenvalue weighted by Crippen LogP contribution is 2.21. The molecule has 3 aromatic rings. The normalized spacial score (nSPS) is 10.3. The molecule has 0 unspecified atom stereocenters. The van der Waals surface area contributed by atoms with E-state index in [1.807, 2.05) is 0 Å². The van der Waals surface area contributed by atoms with Gasteiger partial charge in [0.15, 0.2) is 0 Å². The highest BCUT2D eigenvalue weighted by molar-refractivity contribution is 6.13. The van der Waals surface area contributed by atoms with Gasteiger partial charge >= 0.3 is 0 Å². The van der Waals surface area contributed by atoms with Gasteiger partial charge in [-0.2, -0.15) is 0 Å². The molecule has 0 fully saturated rings. The van der Waals surface area contributed by atoms with Crippen molar-refractivity contribution in [3.8, 4) is 5.75 Å². The maximum absolute atomic E-state index is 12.9. The first-order valence-electron chi connectivity index (χ1n) is 7.37. The predicted octanol–water partition coefficient (Wildman–Crippen LogP) is 3.36. The largest absolute Gasteiger partial charge is 0.507 e. The average molecular weight is 339 g/mol. The highest BCUT2D eigenvalue weighted by atomic mass is 19.1. The van der Waals surface area contributed by atoms with Crippen LogP contribution < -0.4 is 10.6 Å². The summed E-state index contributed by atoms with van der Waals surface area (Å²) >= 11 is 0. The van der Waals surface area contributed by atoms with Crippen molar-refractivity contribution in [1.29, 1.82) is 0 Å². The second-order valence-electron chi connectivity index (χ2n) is 5.21. The fraction of sp³-hybridized carbons (Fsp3) is 0. The third-order valence-corrected chi connectivity index (χ3v) is 3.49. The lowest BCUT2D eigenvalue weighted by Gasteiger charge is -2.08. The molecule has 0 atom stereocenters. The molecule has 1 aromatic heterocycles. The van der Waals surface area contributed by atoms with Gasteiger partial charge in [0, 0.05) is 18.1 Å². The summed E-state index contributed by atoms with van der Waals surface area (Å²) in [6.45, 7) is 0. The van der Waals surface area contributed by atoms with E-state index in [1.54, 1.807) is 12.1 Å². The van der Waals surface area contributed by atoms with Crippen LogP contribution in [0.25, 0.3) is 0 Å². The zero-order valence-corrected chi connectivity index (χ0v) is 12.9. The van der Waals surface area contributed by atoms with Crippen LogP contribution in [0.5, 0.6) is 5.75 Å². The van der Waals surface area contributed by atoms with Crippen molar-refractivity contribution in [1.82, 2.24) is 4.98 Å². The number of amides is 2. The van der Waals surface area contributed by atoms with Crippen LogP contribution in [0.15, 0.2) is 60.9 Å². The van der Waals surface area contributed by atoms with Gasteiger partial charge < -0.3 is 20.7 Å². The number of benzene rings is 2. The Morgan fingerprint density at radius 2 is 1.56 bits per heavy atom. The summed E-state index contributed by atoms with van der Waals surface area (Å²) in [4.78, 5) is 27.3. The van der Waals surface area contributed by atoms with Gasteiger partial charge in [-0.1, -0.05) is 12.1 Å². The number of aromatic hydroxyl groups is 1. The Balaban J connectivity index is 1.76. The first-order chi connectivity index (χ1) is 12.0. The molecule has 2 amide bonds. The molecule has 0 aliphatic rings. The molecule has 0 radical (unpaired) electrons. The molecule has 2 aromatic carbocycles. The Bertz CT molecular complexity index is 919. The van der Waals surface area contributed by atoms with Crippen LogP contribution in [-0.4, -0.2) is 21.9 Å². The minimum absolute atomic E-state index is 0.0913. The van der Waals surface area contributed by atoms with Gasteiger partial charge in [0.1, 0.15) is 11.6 Å². The van der Waals surface area contributed by atoms with Gasteiger partial charge in [-0.05, 0) is 36.4 Å². The van der Waals surface area contributed by atoms with Crippen molar-refractivity contribution in [2.24, 2.45) is 0 Å². The summed E-state index contributed by atoms with van der Waals surface area (Å²) in [5, 5.41) is 14.9. The summed E-state index contributed by atoms with van der Waals surface area (Å²) in [7, 11) is 0. The van der Waals surface area contributed by atoms with E-state index < -0.39 is 17.6 Å². The molecule has 0 aliphatic carbocycles. The van der Waals surface area contributed by atoms with Crippen LogP contribution in [0.2, 0.25) is 0 Å². The summed E-state index contributed by atoms with van der Waals surface area (Å²) < 4.78 is 12.9. The summed E-state index contributed by atoms with van der Waals surface area (Å²) in [5.41, 5.74) is 0.972. The molecule has 0 saturated heterocycles. The molecule has 0 aliphatic heterocycles. The number of anilines is 2. The quantitative estimate of drug-likeness (QED) is 0.587. The standard InChI is InChI=1S/C18H14FN3O3/c19-11-5-7-12(8-6-11)21-18(25)14-9-20-10-15(14)22-17(24)13-3-1-2-4-16(13)23/h1-10,20,23H,(H,21,25)(H,22,24). The number of rotatable bonds is 4. The fourth-order valence-corrected chi connectivity index (χ4v) is 2.24. The number of H-pyrrole nitrogens is 1. The monoisotopic (exact) mass is 339 g/mol. The van der Waals surface area contributed by atoms with Crippen molar-refractivity contribution in [2.75, 3.05) is 10.6 Å². The van der Waals surface area contributed by atoms with Gasteiger partial charge in [-0.3, -0.25) is 9.59 Å². The SMILES string of the molecule is O=C(Nc1c[nH]cc1C(=O)Nc1ccc(F)cc1)c1ccccc1O. The second-order valence-corrected chi connectivity index (χ2v) is 5.21. The third-order valence-electron chi connectivity index (χ3n) is 3.49. The zero-order valence-electron chi connectivity index (χ0n) is 12.9. The molecule has 126 valence electrons. The molecule has 0 saturated carbocycles. The van der Waals surface area contributed by atoms with Crippen molar-refractivity contribution in [3.05, 3.63) is 77.9 Å². The number of carbonyl (C=O) groups is 2. The van der Waals surface area contributed by atoms with Gasteiger partial charge in [-0.15, -0.1) is 0 Å². The topological polar surface area (TPSA) is 94.2 Å². The van der Waals surface area contributed by atoms with Crippen molar-refractivity contribution in [3.63, 3.8) is 0 Å². The summed E-state index contributed by atoms with van der Waals surface area (Å²) in [6.07, 6.45) is 2.89. The lowest BCUT2D eigenvalue weighted by Crippen LogP contribution is -2.17. The van der Waals surface area contributed by atoms with Crippen LogP contribution in [-0.2, 0) is 0 Å². The summed E-state index contributed by atoms with van der Waals surface area (Å²) in [6, 6.07) is 11.4. The van der Waals surface area contributed by atoms with Crippen LogP contribution >= 0.6 is 0 Å². The average Bonchev–Trinajstić information content (AvgIpc) is 3.05. The van der Waals surface area contributed by atoms with E-state index in [1.165, 1.54) is 48.8 Å². The fourth-order valence-electron chi connectivity index (χ4n) is 2.24. The number of aromatic nitrogens is 1. The third kappa shape index (κ3) is 3.66. The van der Waals surface area contributed by atoms with E-state index >= 15 is 0 Å². The zero-order chi connectivity index (χ0) is 17.8. The van der Waals surface area contributed by atoms with Crippen LogP contribution in [0.4, 0.5) is 15.8 Å². The van der Waals surface area contributed by atoms with Crippen molar-refractivity contribution in [2.45, 2.75) is 0 Å². The van der Waals surface area contributed by atoms with Gasteiger partial charge in [0.2, 0.25) is 0 Å². The Hall–Kier alpha value is -3.61. The first-order valence-corrected chi connectivity index (χ1v) is 7.37. The lowest BCUT2D eigenvalue weighted by atomic mass is 10.2. The molecule has 0 spiro atoms. The van der Waals surface area contributed by atoms with E-state index in [4.69, 9.17) is 0 Å². The maximum atomic E-state index is 12.9. The van der Waals surface area contributed by atoms with Gasteiger partial charge in [0.05, 0.1) is 16.8 Å². The van der Waals surface area contributed by atoms with Crippen LogP contribution in [0.3, 0.4) is 0 Å². The summed E-state index contributed by atoms with van der Waals surface area (Å²) in [5.74, 6) is -1.59. The second kappa shape index (κ2) is 6.88. The van der Waals surface area contributed by atoms with E-state index in [2.05, 4.69) is 15.6 Å². The van der Waals surface area contributed by atoms with Crippen LogP contribution in [0, 0.1) is 5.82 Å². The number of halogens is 1. The Labute approximate surface area is 142 Å². The van der Waals surface area contributed by atoms with E-state index in [-0.39, 0.29) is 22.6 Å². The number of phenolic OH excluding ortho intramolecular Hbond substituents is 1. The molecule has 3 rings (SSSR count). The lowest BCUT2D eigenvalue weighted by molar-refractivity contribution is 0.102. The molecule has 25 heavy (non-hydrogen) atoms. The van der Waals surface area contributed by atoms with Crippen molar-refractivity contribution >= 4 is 23.2 Å². The molecule has 7 heteroatoms. The predicted molar refractivity (Wildman–Crippen MR) is 91.2 cm³/mol. The van der Waals surface area contributed by atoms with E-state index in [0.717, 1.165) is 0 Å². The number of phenols is 1. The Morgan fingerprint density at radius 1 is 0.880 bits per heavy atom. The number of hydrogen-bond donors (Lipinski definition) is 4. The Kier molecular flexibility index (Phi) is 4.47. The molecule has 1 heterocycles. The smallest absolute Gasteiger partial charge is 0.259 e. The first kappa shape index (κ1) is 16.3. The van der Waals surface area contributed by atoms with Gasteiger partial charge in [0.25, 0.3) is 11.8 Å². The van der Waals surface area contributed by atoms with Crippen molar-refractivity contribution < 1.29 is 19.1 Å². The number of aromatic amines is 1. The minimum Gasteiger partial charge on any atom is -0.507 e. The number of para-hydroxylation sites is 1. The minimum atomic E-state index is -0.548.